The lowest BCUT2D eigenvalue weighted by Crippen LogP contribution is -2.33. The molecular weight excluding hydrogens is 308 g/mol. The first-order chi connectivity index (χ1) is 11.1. The van der Waals surface area contributed by atoms with Crippen molar-refractivity contribution in [3.63, 3.8) is 0 Å². The Morgan fingerprint density at radius 1 is 1.35 bits per heavy atom. The average Bonchev–Trinajstić information content (AvgIpc) is 3.18. The summed E-state index contributed by atoms with van der Waals surface area (Å²) in [5.74, 6) is -0.0181. The first-order valence-corrected chi connectivity index (χ1v) is 8.83. The number of nitrogens with zero attached hydrogens (tertiary/aromatic N) is 1. The van der Waals surface area contributed by atoms with Crippen LogP contribution in [0.15, 0.2) is 24.3 Å². The molecule has 122 valence electrons. The van der Waals surface area contributed by atoms with Gasteiger partial charge in [0.1, 0.15) is 11.1 Å². The molecule has 0 bridgehead atoms. The van der Waals surface area contributed by atoms with Gasteiger partial charge in [0, 0.05) is 17.9 Å². The molecule has 1 saturated heterocycles. The van der Waals surface area contributed by atoms with Crippen molar-refractivity contribution in [2.75, 3.05) is 6.61 Å². The molecule has 2 heterocycles. The zero-order valence-electron chi connectivity index (χ0n) is 13.6. The van der Waals surface area contributed by atoms with Crippen molar-refractivity contribution in [3.8, 4) is 0 Å². The number of rotatable bonds is 5. The predicted octanol–water partition coefficient (Wildman–Crippen LogP) is 3.15. The molecule has 1 unspecified atom stereocenters. The van der Waals surface area contributed by atoms with E-state index in [1.807, 2.05) is 6.92 Å². The minimum absolute atomic E-state index is 0.0181. The van der Waals surface area contributed by atoms with E-state index in [1.165, 1.54) is 16.0 Å². The summed E-state index contributed by atoms with van der Waals surface area (Å²) in [4.78, 5) is 17.8. The van der Waals surface area contributed by atoms with Crippen molar-refractivity contribution in [2.45, 2.75) is 45.8 Å². The monoisotopic (exact) mass is 330 g/mol. The van der Waals surface area contributed by atoms with Gasteiger partial charge in [-0.05, 0) is 32.3 Å². The highest BCUT2D eigenvalue weighted by molar-refractivity contribution is 7.11. The van der Waals surface area contributed by atoms with Gasteiger partial charge in [0.2, 0.25) is 5.91 Å². The number of amides is 1. The van der Waals surface area contributed by atoms with E-state index in [1.54, 1.807) is 11.3 Å². The molecular formula is C18H22N2O2S. The Labute approximate surface area is 140 Å². The summed E-state index contributed by atoms with van der Waals surface area (Å²) in [5, 5.41) is 3.89. The molecule has 0 spiro atoms. The Balaban J connectivity index is 1.59. The second-order valence-corrected chi connectivity index (χ2v) is 7.17. The standard InChI is InChI=1S/C18H22N2O2S/c1-12-5-7-14(8-6-12)10-16-13(2)20-17(23-16)11-19-18(21)15-4-3-9-22-15/h5-8,15H,3-4,9-11H2,1-2H3,(H,19,21). The Bertz CT molecular complexity index is 673. The van der Waals surface area contributed by atoms with Crippen molar-refractivity contribution < 1.29 is 9.53 Å². The molecule has 1 aromatic heterocycles. The van der Waals surface area contributed by atoms with Crippen LogP contribution in [0, 0.1) is 13.8 Å². The van der Waals surface area contributed by atoms with Crippen LogP contribution in [-0.2, 0) is 22.5 Å². The highest BCUT2D eigenvalue weighted by Gasteiger charge is 2.23. The van der Waals surface area contributed by atoms with Crippen LogP contribution < -0.4 is 5.32 Å². The van der Waals surface area contributed by atoms with E-state index in [-0.39, 0.29) is 12.0 Å². The van der Waals surface area contributed by atoms with Crippen LogP contribution in [0.5, 0.6) is 0 Å². The Kier molecular flexibility index (Phi) is 5.08. The van der Waals surface area contributed by atoms with Gasteiger partial charge in [-0.25, -0.2) is 4.98 Å². The van der Waals surface area contributed by atoms with E-state index in [9.17, 15) is 4.79 Å². The molecule has 1 fully saturated rings. The number of hydrogen-bond donors (Lipinski definition) is 1. The molecule has 1 aromatic carbocycles. The molecule has 23 heavy (non-hydrogen) atoms. The SMILES string of the molecule is Cc1ccc(Cc2sc(CNC(=O)C3CCCO3)nc2C)cc1. The van der Waals surface area contributed by atoms with Crippen LogP contribution in [0.25, 0.3) is 0 Å². The smallest absolute Gasteiger partial charge is 0.249 e. The first-order valence-electron chi connectivity index (χ1n) is 8.02. The van der Waals surface area contributed by atoms with E-state index in [0.29, 0.717) is 13.2 Å². The number of benzene rings is 1. The second kappa shape index (κ2) is 7.23. The third-order valence-electron chi connectivity index (χ3n) is 4.06. The lowest BCUT2D eigenvalue weighted by molar-refractivity contribution is -0.130. The molecule has 1 amide bonds. The van der Waals surface area contributed by atoms with Crippen LogP contribution in [-0.4, -0.2) is 23.6 Å². The molecule has 0 aliphatic carbocycles. The molecule has 5 heteroatoms. The number of thiazole rings is 1. The maximum absolute atomic E-state index is 12.0. The fourth-order valence-corrected chi connectivity index (χ4v) is 3.72. The van der Waals surface area contributed by atoms with Gasteiger partial charge in [-0.2, -0.15) is 0 Å². The van der Waals surface area contributed by atoms with Crippen molar-refractivity contribution in [3.05, 3.63) is 51.0 Å². The molecule has 4 nitrogen and oxygen atoms in total. The molecule has 2 aromatic rings. The fraction of sp³-hybridized carbons (Fsp3) is 0.444. The number of ether oxygens (including phenoxy) is 1. The van der Waals surface area contributed by atoms with E-state index in [2.05, 4.69) is 41.5 Å². The Hall–Kier alpha value is -1.72. The number of hydrogen-bond acceptors (Lipinski definition) is 4. The summed E-state index contributed by atoms with van der Waals surface area (Å²) in [5.41, 5.74) is 3.61. The predicted molar refractivity (Wildman–Crippen MR) is 91.7 cm³/mol. The van der Waals surface area contributed by atoms with Crippen molar-refractivity contribution >= 4 is 17.2 Å². The lowest BCUT2D eigenvalue weighted by Gasteiger charge is -2.08. The maximum Gasteiger partial charge on any atom is 0.249 e. The normalized spacial score (nSPS) is 17.4. The molecule has 1 atom stereocenters. The molecule has 0 radical (unpaired) electrons. The van der Waals surface area contributed by atoms with E-state index < -0.39 is 0 Å². The van der Waals surface area contributed by atoms with Gasteiger partial charge in [-0.1, -0.05) is 29.8 Å². The number of carbonyl (C=O) groups excluding carboxylic acids is 1. The van der Waals surface area contributed by atoms with Crippen LogP contribution in [0.1, 0.15) is 39.5 Å². The van der Waals surface area contributed by atoms with Crippen LogP contribution >= 0.6 is 11.3 Å². The topological polar surface area (TPSA) is 51.2 Å². The highest BCUT2D eigenvalue weighted by atomic mass is 32.1. The van der Waals surface area contributed by atoms with Crippen molar-refractivity contribution in [1.29, 1.82) is 0 Å². The van der Waals surface area contributed by atoms with Gasteiger partial charge in [0.15, 0.2) is 0 Å². The summed E-state index contributed by atoms with van der Waals surface area (Å²) in [6.45, 7) is 5.30. The number of carbonyl (C=O) groups is 1. The van der Waals surface area contributed by atoms with Crippen LogP contribution in [0.2, 0.25) is 0 Å². The summed E-state index contributed by atoms with van der Waals surface area (Å²) in [6.07, 6.45) is 2.41. The minimum atomic E-state index is -0.275. The maximum atomic E-state index is 12.0. The molecule has 1 N–H and O–H groups in total. The first kappa shape index (κ1) is 16.1. The quantitative estimate of drug-likeness (QED) is 0.916. The molecule has 1 aliphatic rings. The van der Waals surface area contributed by atoms with Crippen molar-refractivity contribution in [2.24, 2.45) is 0 Å². The van der Waals surface area contributed by atoms with Gasteiger partial charge in [0.25, 0.3) is 0 Å². The van der Waals surface area contributed by atoms with Gasteiger partial charge in [-0.15, -0.1) is 11.3 Å². The van der Waals surface area contributed by atoms with E-state index in [4.69, 9.17) is 4.74 Å². The molecule has 3 rings (SSSR count). The molecule has 0 saturated carbocycles. The van der Waals surface area contributed by atoms with Gasteiger partial charge >= 0.3 is 0 Å². The third-order valence-corrected chi connectivity index (χ3v) is 5.22. The zero-order chi connectivity index (χ0) is 16.2. The largest absolute Gasteiger partial charge is 0.368 e. The van der Waals surface area contributed by atoms with E-state index >= 15 is 0 Å². The lowest BCUT2D eigenvalue weighted by atomic mass is 10.1. The number of aryl methyl sites for hydroxylation is 2. The van der Waals surface area contributed by atoms with Gasteiger partial charge in [0.05, 0.1) is 12.2 Å². The third kappa shape index (κ3) is 4.18. The van der Waals surface area contributed by atoms with Gasteiger partial charge in [-0.3, -0.25) is 4.79 Å². The number of aromatic nitrogens is 1. The summed E-state index contributed by atoms with van der Waals surface area (Å²) < 4.78 is 5.39. The highest BCUT2D eigenvalue weighted by Crippen LogP contribution is 2.22. The minimum Gasteiger partial charge on any atom is -0.368 e. The van der Waals surface area contributed by atoms with Crippen LogP contribution in [0.4, 0.5) is 0 Å². The Morgan fingerprint density at radius 2 is 2.13 bits per heavy atom. The van der Waals surface area contributed by atoms with E-state index in [0.717, 1.165) is 30.0 Å². The summed E-state index contributed by atoms with van der Waals surface area (Å²) in [6, 6.07) is 8.59. The second-order valence-electron chi connectivity index (χ2n) is 6.00. The number of nitrogens with one attached hydrogen (secondary N) is 1. The average molecular weight is 330 g/mol. The Morgan fingerprint density at radius 3 is 2.83 bits per heavy atom. The van der Waals surface area contributed by atoms with Gasteiger partial charge < -0.3 is 10.1 Å². The fourth-order valence-electron chi connectivity index (χ4n) is 2.68. The zero-order valence-corrected chi connectivity index (χ0v) is 14.4. The summed E-state index contributed by atoms with van der Waals surface area (Å²) in [7, 11) is 0. The summed E-state index contributed by atoms with van der Waals surface area (Å²) >= 11 is 1.68. The van der Waals surface area contributed by atoms with Crippen LogP contribution in [0.3, 0.4) is 0 Å². The van der Waals surface area contributed by atoms with Crippen molar-refractivity contribution in [1.82, 2.24) is 10.3 Å². The molecule has 1 aliphatic heterocycles.